The zero-order chi connectivity index (χ0) is 22.4. The highest BCUT2D eigenvalue weighted by Gasteiger charge is 2.12. The van der Waals surface area contributed by atoms with Gasteiger partial charge in [-0.15, -0.1) is 11.3 Å². The fourth-order valence-corrected chi connectivity index (χ4v) is 3.79. The van der Waals surface area contributed by atoms with E-state index in [4.69, 9.17) is 9.47 Å². The zero-order valence-electron chi connectivity index (χ0n) is 17.9. The van der Waals surface area contributed by atoms with Crippen LogP contribution < -0.4 is 14.8 Å². The standard InChI is InChI=1S/C24H24N2O4S/c1-15-7-5-6-8-19(15)14-30-20-11-9-18(13-21(20)29-4)10-12-22(28)25-24-26-23(16(2)27)17(3)31-24/h5-13H,14H2,1-4H3,(H,25,26,28)/b12-10+. The first kappa shape index (κ1) is 22.2. The molecular weight excluding hydrogens is 412 g/mol. The fourth-order valence-electron chi connectivity index (χ4n) is 2.93. The van der Waals surface area contributed by atoms with Crippen molar-refractivity contribution in [2.24, 2.45) is 0 Å². The largest absolute Gasteiger partial charge is 0.493 e. The van der Waals surface area contributed by atoms with Crippen LogP contribution >= 0.6 is 11.3 Å². The second-order valence-electron chi connectivity index (χ2n) is 6.93. The molecule has 31 heavy (non-hydrogen) atoms. The molecule has 0 saturated carbocycles. The molecule has 1 amide bonds. The van der Waals surface area contributed by atoms with E-state index >= 15 is 0 Å². The van der Waals surface area contributed by atoms with Crippen LogP contribution in [0.25, 0.3) is 6.08 Å². The lowest BCUT2D eigenvalue weighted by Crippen LogP contribution is -2.07. The Morgan fingerprint density at radius 1 is 1.13 bits per heavy atom. The summed E-state index contributed by atoms with van der Waals surface area (Å²) < 4.78 is 11.4. The molecule has 0 aliphatic rings. The van der Waals surface area contributed by atoms with E-state index in [1.807, 2.05) is 43.3 Å². The molecule has 0 saturated heterocycles. The Morgan fingerprint density at radius 3 is 2.58 bits per heavy atom. The van der Waals surface area contributed by atoms with Crippen LogP contribution in [0.5, 0.6) is 11.5 Å². The molecule has 6 nitrogen and oxygen atoms in total. The Morgan fingerprint density at radius 2 is 1.90 bits per heavy atom. The number of aromatic nitrogens is 1. The second kappa shape index (κ2) is 10.0. The predicted octanol–water partition coefficient (Wildman–Crippen LogP) is 5.20. The SMILES string of the molecule is COc1cc(/C=C/C(=O)Nc2nc(C(C)=O)c(C)s2)ccc1OCc1ccccc1C. The van der Waals surface area contributed by atoms with E-state index in [-0.39, 0.29) is 11.7 Å². The summed E-state index contributed by atoms with van der Waals surface area (Å²) in [7, 11) is 1.58. The first-order chi connectivity index (χ1) is 14.9. The maximum Gasteiger partial charge on any atom is 0.250 e. The molecule has 160 valence electrons. The molecule has 2 aromatic carbocycles. The molecule has 7 heteroatoms. The molecule has 0 atom stereocenters. The highest BCUT2D eigenvalue weighted by molar-refractivity contribution is 7.16. The van der Waals surface area contributed by atoms with Crippen LogP contribution in [0.2, 0.25) is 0 Å². The van der Waals surface area contributed by atoms with Crippen LogP contribution in [-0.4, -0.2) is 23.8 Å². The van der Waals surface area contributed by atoms with Crippen LogP contribution in [0.1, 0.15) is 39.0 Å². The number of methoxy groups -OCH3 is 1. The number of ketones is 1. The van der Waals surface area contributed by atoms with Gasteiger partial charge in [-0.05, 0) is 48.7 Å². The van der Waals surface area contributed by atoms with Crippen molar-refractivity contribution in [1.82, 2.24) is 4.98 Å². The van der Waals surface area contributed by atoms with Gasteiger partial charge in [0.2, 0.25) is 5.91 Å². The van der Waals surface area contributed by atoms with Crippen LogP contribution in [0, 0.1) is 13.8 Å². The Hall–Kier alpha value is -3.45. The summed E-state index contributed by atoms with van der Waals surface area (Å²) in [6.07, 6.45) is 3.09. The van der Waals surface area contributed by atoms with Crippen molar-refractivity contribution >= 4 is 34.2 Å². The smallest absolute Gasteiger partial charge is 0.250 e. The zero-order valence-corrected chi connectivity index (χ0v) is 18.7. The number of carbonyl (C=O) groups excluding carboxylic acids is 2. The van der Waals surface area contributed by atoms with E-state index in [0.717, 1.165) is 21.6 Å². The summed E-state index contributed by atoms with van der Waals surface area (Å²) in [5.74, 6) is 0.754. The van der Waals surface area contributed by atoms with Crippen molar-refractivity contribution in [2.45, 2.75) is 27.4 Å². The van der Waals surface area contributed by atoms with Crippen molar-refractivity contribution in [2.75, 3.05) is 12.4 Å². The maximum atomic E-state index is 12.2. The number of aryl methyl sites for hydroxylation is 2. The minimum Gasteiger partial charge on any atom is -0.493 e. The molecule has 0 aliphatic carbocycles. The third-order valence-electron chi connectivity index (χ3n) is 4.62. The van der Waals surface area contributed by atoms with Crippen molar-refractivity contribution in [3.05, 3.63) is 75.8 Å². The van der Waals surface area contributed by atoms with E-state index in [1.54, 1.807) is 26.2 Å². The molecule has 1 N–H and O–H groups in total. The highest BCUT2D eigenvalue weighted by Crippen LogP contribution is 2.29. The summed E-state index contributed by atoms with van der Waals surface area (Å²) >= 11 is 1.27. The fraction of sp³-hybridized carbons (Fsp3) is 0.208. The molecule has 1 heterocycles. The number of rotatable bonds is 8. The summed E-state index contributed by atoms with van der Waals surface area (Å²) in [6, 6.07) is 13.5. The molecule has 0 fully saturated rings. The normalized spacial score (nSPS) is 10.8. The number of nitrogens with zero attached hydrogens (tertiary/aromatic N) is 1. The van der Waals surface area contributed by atoms with Gasteiger partial charge in [-0.3, -0.25) is 14.9 Å². The van der Waals surface area contributed by atoms with Gasteiger partial charge >= 0.3 is 0 Å². The molecule has 0 spiro atoms. The summed E-state index contributed by atoms with van der Waals surface area (Å²) in [6.45, 7) is 5.74. The molecule has 1 aromatic heterocycles. The van der Waals surface area contributed by atoms with Crippen molar-refractivity contribution < 1.29 is 19.1 Å². The van der Waals surface area contributed by atoms with Gasteiger partial charge in [0.1, 0.15) is 12.3 Å². The minimum absolute atomic E-state index is 0.124. The van der Waals surface area contributed by atoms with Gasteiger partial charge in [-0.2, -0.15) is 0 Å². The van der Waals surface area contributed by atoms with E-state index in [1.165, 1.54) is 24.3 Å². The van der Waals surface area contributed by atoms with E-state index < -0.39 is 0 Å². The number of hydrogen-bond donors (Lipinski definition) is 1. The number of nitrogens with one attached hydrogen (secondary N) is 1. The van der Waals surface area contributed by atoms with Gasteiger partial charge in [-0.25, -0.2) is 4.98 Å². The van der Waals surface area contributed by atoms with Gasteiger partial charge in [-0.1, -0.05) is 30.3 Å². The Balaban J connectivity index is 1.65. The molecular formula is C24H24N2O4S. The lowest BCUT2D eigenvalue weighted by Gasteiger charge is -2.12. The van der Waals surface area contributed by atoms with Gasteiger partial charge < -0.3 is 9.47 Å². The third-order valence-corrected chi connectivity index (χ3v) is 5.51. The van der Waals surface area contributed by atoms with E-state index in [9.17, 15) is 9.59 Å². The molecule has 0 unspecified atom stereocenters. The predicted molar refractivity (Wildman–Crippen MR) is 123 cm³/mol. The van der Waals surface area contributed by atoms with Crippen LogP contribution in [-0.2, 0) is 11.4 Å². The Bertz CT molecular complexity index is 1130. The maximum absolute atomic E-state index is 12.2. The molecule has 0 radical (unpaired) electrons. The Kier molecular flexibility index (Phi) is 7.20. The molecule has 0 bridgehead atoms. The average Bonchev–Trinajstić information content (AvgIpc) is 3.12. The number of hydrogen-bond acceptors (Lipinski definition) is 6. The van der Waals surface area contributed by atoms with Gasteiger partial charge in [0.25, 0.3) is 0 Å². The quantitative estimate of drug-likeness (QED) is 0.388. The van der Waals surface area contributed by atoms with Gasteiger partial charge in [0.15, 0.2) is 22.4 Å². The highest BCUT2D eigenvalue weighted by atomic mass is 32.1. The van der Waals surface area contributed by atoms with E-state index in [0.29, 0.717) is 28.9 Å². The minimum atomic E-state index is -0.331. The number of ether oxygens (including phenoxy) is 2. The first-order valence-electron chi connectivity index (χ1n) is 9.70. The van der Waals surface area contributed by atoms with Crippen molar-refractivity contribution in [1.29, 1.82) is 0 Å². The molecule has 0 aliphatic heterocycles. The third kappa shape index (κ3) is 5.79. The number of Topliss-reactive ketones (excluding diaryl/α,β-unsaturated/α-hetero) is 1. The summed E-state index contributed by atoms with van der Waals surface area (Å²) in [5, 5.41) is 3.08. The van der Waals surface area contributed by atoms with Crippen LogP contribution in [0.4, 0.5) is 5.13 Å². The summed E-state index contributed by atoms with van der Waals surface area (Å²) in [5.41, 5.74) is 3.44. The first-order valence-corrected chi connectivity index (χ1v) is 10.5. The van der Waals surface area contributed by atoms with Crippen molar-refractivity contribution in [3.8, 4) is 11.5 Å². The molecule has 3 rings (SSSR count). The topological polar surface area (TPSA) is 77.5 Å². The lowest BCUT2D eigenvalue weighted by molar-refractivity contribution is -0.111. The number of amides is 1. The second-order valence-corrected chi connectivity index (χ2v) is 8.13. The lowest BCUT2D eigenvalue weighted by atomic mass is 10.1. The van der Waals surface area contributed by atoms with E-state index in [2.05, 4.69) is 10.3 Å². The number of benzene rings is 2. The number of carbonyl (C=O) groups is 2. The number of thiazole rings is 1. The monoisotopic (exact) mass is 436 g/mol. The van der Waals surface area contributed by atoms with Gasteiger partial charge in [0.05, 0.1) is 7.11 Å². The van der Waals surface area contributed by atoms with Crippen molar-refractivity contribution in [3.63, 3.8) is 0 Å². The van der Waals surface area contributed by atoms with Crippen LogP contribution in [0.15, 0.2) is 48.5 Å². The number of anilines is 1. The summed E-state index contributed by atoms with van der Waals surface area (Å²) in [4.78, 5) is 28.7. The Labute approximate surface area is 185 Å². The average molecular weight is 437 g/mol. The molecule has 3 aromatic rings. The van der Waals surface area contributed by atoms with Gasteiger partial charge in [0, 0.05) is 17.9 Å². The van der Waals surface area contributed by atoms with Crippen LogP contribution in [0.3, 0.4) is 0 Å².